The molecule has 2 aromatic carbocycles. The molecule has 0 amide bonds. The SMILES string of the molecule is COc1ccc(C(=O)COc2ccc3ccc(=O)oc3c2)cc1OC. The van der Waals surface area contributed by atoms with Gasteiger partial charge >= 0.3 is 5.63 Å². The van der Waals surface area contributed by atoms with E-state index in [9.17, 15) is 9.59 Å². The van der Waals surface area contributed by atoms with Gasteiger partial charge in [0.05, 0.1) is 14.2 Å². The number of rotatable bonds is 6. The molecule has 0 fully saturated rings. The molecule has 0 radical (unpaired) electrons. The van der Waals surface area contributed by atoms with Crippen molar-refractivity contribution in [1.82, 2.24) is 0 Å². The third-order valence-electron chi connectivity index (χ3n) is 3.67. The Hall–Kier alpha value is -3.28. The van der Waals surface area contributed by atoms with Crippen LogP contribution in [0.2, 0.25) is 0 Å². The molecule has 3 rings (SSSR count). The lowest BCUT2D eigenvalue weighted by Gasteiger charge is -2.10. The second kappa shape index (κ2) is 7.09. The second-order valence-corrected chi connectivity index (χ2v) is 5.24. The smallest absolute Gasteiger partial charge is 0.336 e. The molecule has 0 atom stereocenters. The Bertz CT molecular complexity index is 973. The first kappa shape index (κ1) is 16.6. The Kier molecular flexibility index (Phi) is 4.70. The van der Waals surface area contributed by atoms with E-state index in [0.29, 0.717) is 28.4 Å². The Morgan fingerprint density at radius 2 is 1.72 bits per heavy atom. The number of hydrogen-bond acceptors (Lipinski definition) is 6. The van der Waals surface area contributed by atoms with Crippen molar-refractivity contribution in [3.8, 4) is 17.2 Å². The molecule has 0 bridgehead atoms. The van der Waals surface area contributed by atoms with Gasteiger partial charge in [0, 0.05) is 23.1 Å². The lowest BCUT2D eigenvalue weighted by Crippen LogP contribution is -2.12. The first-order valence-corrected chi connectivity index (χ1v) is 7.52. The number of ketones is 1. The zero-order valence-electron chi connectivity index (χ0n) is 13.8. The van der Waals surface area contributed by atoms with Gasteiger partial charge in [0.15, 0.2) is 23.9 Å². The molecule has 25 heavy (non-hydrogen) atoms. The molecule has 0 saturated carbocycles. The van der Waals surface area contributed by atoms with E-state index in [-0.39, 0.29) is 12.4 Å². The van der Waals surface area contributed by atoms with Crippen molar-refractivity contribution in [2.45, 2.75) is 0 Å². The maximum absolute atomic E-state index is 12.3. The van der Waals surface area contributed by atoms with E-state index in [0.717, 1.165) is 5.39 Å². The van der Waals surface area contributed by atoms with E-state index in [1.165, 1.54) is 20.3 Å². The maximum atomic E-state index is 12.3. The molecule has 1 heterocycles. The molecule has 1 aromatic heterocycles. The van der Waals surface area contributed by atoms with Gasteiger partial charge in [0.2, 0.25) is 0 Å². The van der Waals surface area contributed by atoms with Gasteiger partial charge in [-0.25, -0.2) is 4.79 Å². The van der Waals surface area contributed by atoms with Crippen molar-refractivity contribution in [2.24, 2.45) is 0 Å². The Morgan fingerprint density at radius 3 is 2.48 bits per heavy atom. The zero-order valence-corrected chi connectivity index (χ0v) is 13.8. The molecule has 0 N–H and O–H groups in total. The van der Waals surface area contributed by atoms with Crippen molar-refractivity contribution in [3.05, 3.63) is 64.5 Å². The van der Waals surface area contributed by atoms with Crippen LogP contribution in [0.4, 0.5) is 0 Å². The van der Waals surface area contributed by atoms with Crippen molar-refractivity contribution >= 4 is 16.8 Å². The van der Waals surface area contributed by atoms with E-state index in [2.05, 4.69) is 0 Å². The minimum atomic E-state index is -0.439. The minimum Gasteiger partial charge on any atom is -0.493 e. The highest BCUT2D eigenvalue weighted by atomic mass is 16.5. The fourth-order valence-electron chi connectivity index (χ4n) is 2.37. The number of carbonyl (C=O) groups is 1. The van der Waals surface area contributed by atoms with Crippen molar-refractivity contribution < 1.29 is 23.4 Å². The first-order valence-electron chi connectivity index (χ1n) is 7.52. The lowest BCUT2D eigenvalue weighted by atomic mass is 10.1. The number of fused-ring (bicyclic) bond motifs is 1. The van der Waals surface area contributed by atoms with Crippen LogP contribution in [0, 0.1) is 0 Å². The fraction of sp³-hybridized carbons (Fsp3) is 0.158. The number of Topliss-reactive ketones (excluding diaryl/α,β-unsaturated/α-hetero) is 1. The minimum absolute atomic E-state index is 0.155. The van der Waals surface area contributed by atoms with Crippen LogP contribution in [0.25, 0.3) is 11.0 Å². The van der Waals surface area contributed by atoms with Gasteiger partial charge in [0.25, 0.3) is 0 Å². The summed E-state index contributed by atoms with van der Waals surface area (Å²) in [6.45, 7) is -0.155. The molecule has 0 spiro atoms. The van der Waals surface area contributed by atoms with E-state index in [1.807, 2.05) is 0 Å². The monoisotopic (exact) mass is 340 g/mol. The summed E-state index contributed by atoms with van der Waals surface area (Å²) in [5.41, 5.74) is 0.416. The highest BCUT2D eigenvalue weighted by molar-refractivity contribution is 5.97. The topological polar surface area (TPSA) is 75.0 Å². The average Bonchev–Trinajstić information content (AvgIpc) is 2.65. The Labute approximate surface area is 143 Å². The average molecular weight is 340 g/mol. The van der Waals surface area contributed by atoms with Gasteiger partial charge < -0.3 is 18.6 Å². The standard InChI is InChI=1S/C19H16O6/c1-22-16-7-4-13(9-18(16)23-2)15(20)11-24-14-6-3-12-5-8-19(21)25-17(12)10-14/h3-10H,11H2,1-2H3. The highest BCUT2D eigenvalue weighted by Crippen LogP contribution is 2.28. The predicted octanol–water partition coefficient (Wildman–Crippen LogP) is 3.07. The van der Waals surface area contributed by atoms with E-state index < -0.39 is 5.63 Å². The third-order valence-corrected chi connectivity index (χ3v) is 3.67. The Morgan fingerprint density at radius 1 is 0.960 bits per heavy atom. The summed E-state index contributed by atoms with van der Waals surface area (Å²) >= 11 is 0. The van der Waals surface area contributed by atoms with Crippen LogP contribution >= 0.6 is 0 Å². The molecule has 0 aliphatic heterocycles. The van der Waals surface area contributed by atoms with Gasteiger partial charge in [-0.1, -0.05) is 0 Å². The van der Waals surface area contributed by atoms with Gasteiger partial charge in [-0.3, -0.25) is 4.79 Å². The van der Waals surface area contributed by atoms with Crippen molar-refractivity contribution in [3.63, 3.8) is 0 Å². The molecule has 0 aliphatic carbocycles. The van der Waals surface area contributed by atoms with Crippen LogP contribution in [0.1, 0.15) is 10.4 Å². The highest BCUT2D eigenvalue weighted by Gasteiger charge is 2.12. The quantitative estimate of drug-likeness (QED) is 0.507. The molecule has 128 valence electrons. The summed E-state index contributed by atoms with van der Waals surface area (Å²) in [5.74, 6) is 1.25. The van der Waals surface area contributed by atoms with Gasteiger partial charge in [0.1, 0.15) is 11.3 Å². The molecule has 0 aliphatic rings. The normalized spacial score (nSPS) is 10.5. The summed E-state index contributed by atoms with van der Waals surface area (Å²) in [6.07, 6.45) is 0. The molecular formula is C19H16O6. The van der Waals surface area contributed by atoms with Crippen LogP contribution in [0.3, 0.4) is 0 Å². The summed E-state index contributed by atoms with van der Waals surface area (Å²) in [7, 11) is 3.03. The molecule has 0 saturated heterocycles. The van der Waals surface area contributed by atoms with Crippen LogP contribution < -0.4 is 19.8 Å². The first-order chi connectivity index (χ1) is 12.1. The second-order valence-electron chi connectivity index (χ2n) is 5.24. The molecule has 0 unspecified atom stereocenters. The van der Waals surface area contributed by atoms with Crippen molar-refractivity contribution in [2.75, 3.05) is 20.8 Å². The van der Waals surface area contributed by atoms with Gasteiger partial charge in [-0.15, -0.1) is 0 Å². The van der Waals surface area contributed by atoms with Gasteiger partial charge in [-0.2, -0.15) is 0 Å². The number of methoxy groups -OCH3 is 2. The predicted molar refractivity (Wildman–Crippen MR) is 91.9 cm³/mol. The van der Waals surface area contributed by atoms with E-state index in [1.54, 1.807) is 42.5 Å². The van der Waals surface area contributed by atoms with Crippen molar-refractivity contribution in [1.29, 1.82) is 0 Å². The summed E-state index contributed by atoms with van der Waals surface area (Å²) in [5, 5.41) is 0.776. The molecule has 6 nitrogen and oxygen atoms in total. The Balaban J connectivity index is 1.75. The number of carbonyl (C=O) groups excluding carboxylic acids is 1. The molecule has 3 aromatic rings. The summed E-state index contributed by atoms with van der Waals surface area (Å²) in [6, 6.07) is 13.0. The summed E-state index contributed by atoms with van der Waals surface area (Å²) in [4.78, 5) is 23.6. The lowest BCUT2D eigenvalue weighted by molar-refractivity contribution is 0.0921. The number of benzene rings is 2. The number of ether oxygens (including phenoxy) is 3. The zero-order chi connectivity index (χ0) is 17.8. The van der Waals surface area contributed by atoms with E-state index in [4.69, 9.17) is 18.6 Å². The third kappa shape index (κ3) is 3.63. The van der Waals surface area contributed by atoms with Crippen LogP contribution in [-0.4, -0.2) is 26.6 Å². The van der Waals surface area contributed by atoms with Gasteiger partial charge in [-0.05, 0) is 36.4 Å². The van der Waals surface area contributed by atoms with E-state index >= 15 is 0 Å². The van der Waals surface area contributed by atoms with Crippen LogP contribution in [0.15, 0.2) is 57.7 Å². The van der Waals surface area contributed by atoms with Crippen LogP contribution in [0.5, 0.6) is 17.2 Å². The maximum Gasteiger partial charge on any atom is 0.336 e. The fourth-order valence-corrected chi connectivity index (χ4v) is 2.37. The largest absolute Gasteiger partial charge is 0.493 e. The number of hydrogen-bond donors (Lipinski definition) is 0. The summed E-state index contributed by atoms with van der Waals surface area (Å²) < 4.78 is 21.0. The van der Waals surface area contributed by atoms with Crippen LogP contribution in [-0.2, 0) is 0 Å². The molecular weight excluding hydrogens is 324 g/mol. The molecule has 6 heteroatoms.